The number of furan rings is 1. The van der Waals surface area contributed by atoms with Crippen LogP contribution in [-0.4, -0.2) is 25.2 Å². The summed E-state index contributed by atoms with van der Waals surface area (Å²) in [4.78, 5) is 22.0. The monoisotopic (exact) mass is 343 g/mol. The summed E-state index contributed by atoms with van der Waals surface area (Å²) in [5.74, 6) is -1.93. The maximum atomic E-state index is 12.1. The van der Waals surface area contributed by atoms with Crippen molar-refractivity contribution in [1.29, 1.82) is 0 Å². The maximum Gasteiger partial charge on any atom is 0.471 e. The molecule has 0 fully saturated rings. The summed E-state index contributed by atoms with van der Waals surface area (Å²) in [6.07, 6.45) is -4.95. The molecule has 1 N–H and O–H groups in total. The lowest BCUT2D eigenvalue weighted by Gasteiger charge is -2.09. The second kappa shape index (κ2) is 7.07. The number of benzene rings is 1. The van der Waals surface area contributed by atoms with Gasteiger partial charge in [-0.1, -0.05) is 0 Å². The van der Waals surface area contributed by atoms with Gasteiger partial charge in [0.25, 0.3) is 0 Å². The van der Waals surface area contributed by atoms with Gasteiger partial charge in [-0.3, -0.25) is 4.79 Å². The van der Waals surface area contributed by atoms with E-state index in [1.807, 2.05) is 0 Å². The van der Waals surface area contributed by atoms with Gasteiger partial charge in [0, 0.05) is 5.69 Å². The largest absolute Gasteiger partial charge is 0.486 e. The average molecular weight is 343 g/mol. The number of hydrogen-bond donors (Lipinski definition) is 1. The smallest absolute Gasteiger partial charge is 0.471 e. The minimum Gasteiger partial charge on any atom is -0.486 e. The Morgan fingerprint density at radius 1 is 1.12 bits per heavy atom. The van der Waals surface area contributed by atoms with E-state index in [1.54, 1.807) is 5.32 Å². The van der Waals surface area contributed by atoms with Crippen LogP contribution in [0.1, 0.15) is 16.3 Å². The van der Waals surface area contributed by atoms with E-state index in [9.17, 15) is 22.8 Å². The predicted molar refractivity (Wildman–Crippen MR) is 75.5 cm³/mol. The highest BCUT2D eigenvalue weighted by Gasteiger charge is 2.38. The minimum absolute atomic E-state index is 0.00521. The number of esters is 1. The number of methoxy groups -OCH3 is 1. The standard InChI is InChI=1S/C15H12F3NO5/c1-22-13(20)12-7-6-11(24-12)8-23-10-4-2-9(3-5-10)19-14(21)15(16,17)18/h2-7H,8H2,1H3,(H,19,21). The Morgan fingerprint density at radius 2 is 1.79 bits per heavy atom. The van der Waals surface area contributed by atoms with E-state index >= 15 is 0 Å². The zero-order valence-corrected chi connectivity index (χ0v) is 12.3. The fourth-order valence-corrected chi connectivity index (χ4v) is 1.66. The molecule has 9 heteroatoms. The number of carbonyl (C=O) groups excluding carboxylic acids is 2. The van der Waals surface area contributed by atoms with Gasteiger partial charge in [-0.25, -0.2) is 4.79 Å². The van der Waals surface area contributed by atoms with E-state index in [1.165, 1.54) is 43.5 Å². The molecule has 0 saturated carbocycles. The first-order chi connectivity index (χ1) is 11.3. The highest BCUT2D eigenvalue weighted by Crippen LogP contribution is 2.21. The van der Waals surface area contributed by atoms with Crippen LogP contribution in [0.25, 0.3) is 0 Å². The topological polar surface area (TPSA) is 77.8 Å². The van der Waals surface area contributed by atoms with Crippen LogP contribution >= 0.6 is 0 Å². The first-order valence-corrected chi connectivity index (χ1v) is 6.57. The summed E-state index contributed by atoms with van der Waals surface area (Å²) in [6.45, 7) is 0.00521. The number of hydrogen-bond acceptors (Lipinski definition) is 5. The van der Waals surface area contributed by atoms with E-state index in [0.29, 0.717) is 11.5 Å². The lowest BCUT2D eigenvalue weighted by atomic mass is 10.3. The predicted octanol–water partition coefficient (Wildman–Crippen LogP) is 3.15. The molecule has 24 heavy (non-hydrogen) atoms. The van der Waals surface area contributed by atoms with Crippen LogP contribution in [0.4, 0.5) is 18.9 Å². The van der Waals surface area contributed by atoms with Crippen LogP contribution in [0.15, 0.2) is 40.8 Å². The van der Waals surface area contributed by atoms with E-state index in [4.69, 9.17) is 9.15 Å². The molecule has 1 aromatic carbocycles. The van der Waals surface area contributed by atoms with Gasteiger partial charge in [0.05, 0.1) is 7.11 Å². The molecule has 0 unspecified atom stereocenters. The van der Waals surface area contributed by atoms with E-state index in [-0.39, 0.29) is 18.1 Å². The van der Waals surface area contributed by atoms with Crippen molar-refractivity contribution in [3.63, 3.8) is 0 Å². The fraction of sp³-hybridized carbons (Fsp3) is 0.200. The highest BCUT2D eigenvalue weighted by atomic mass is 19.4. The van der Waals surface area contributed by atoms with Crippen LogP contribution in [0.3, 0.4) is 0 Å². The zero-order valence-electron chi connectivity index (χ0n) is 12.3. The van der Waals surface area contributed by atoms with Gasteiger partial charge in [-0.15, -0.1) is 0 Å². The third kappa shape index (κ3) is 4.51. The number of ether oxygens (including phenoxy) is 2. The molecule has 0 bridgehead atoms. The average Bonchev–Trinajstić information content (AvgIpc) is 3.01. The van der Waals surface area contributed by atoms with Crippen LogP contribution < -0.4 is 10.1 Å². The number of nitrogens with one attached hydrogen (secondary N) is 1. The minimum atomic E-state index is -4.95. The first-order valence-electron chi connectivity index (χ1n) is 6.57. The van der Waals surface area contributed by atoms with Crippen molar-refractivity contribution >= 4 is 17.6 Å². The first kappa shape index (κ1) is 17.4. The zero-order chi connectivity index (χ0) is 17.7. The van der Waals surface area contributed by atoms with Gasteiger partial charge in [-0.05, 0) is 36.4 Å². The molecule has 0 aliphatic carbocycles. The lowest BCUT2D eigenvalue weighted by molar-refractivity contribution is -0.167. The summed E-state index contributed by atoms with van der Waals surface area (Å²) >= 11 is 0. The molecule has 1 aromatic heterocycles. The summed E-state index contributed by atoms with van der Waals surface area (Å²) in [6, 6.07) is 8.26. The molecule has 0 saturated heterocycles. The number of carbonyl (C=O) groups is 2. The SMILES string of the molecule is COC(=O)c1ccc(COc2ccc(NC(=O)C(F)(F)F)cc2)o1. The molecule has 6 nitrogen and oxygen atoms in total. The Balaban J connectivity index is 1.91. The van der Waals surface area contributed by atoms with E-state index < -0.39 is 18.1 Å². The summed E-state index contributed by atoms with van der Waals surface area (Å²) in [5, 5.41) is 1.72. The van der Waals surface area contributed by atoms with Crippen molar-refractivity contribution < 1.29 is 36.7 Å². The van der Waals surface area contributed by atoms with Crippen molar-refractivity contribution in [1.82, 2.24) is 0 Å². The fourth-order valence-electron chi connectivity index (χ4n) is 1.66. The molecule has 2 aromatic rings. The summed E-state index contributed by atoms with van der Waals surface area (Å²) < 4.78 is 51.4. The molecule has 0 aliphatic heterocycles. The Morgan fingerprint density at radius 3 is 2.38 bits per heavy atom. The van der Waals surface area contributed by atoms with Gasteiger partial charge >= 0.3 is 18.1 Å². The quantitative estimate of drug-likeness (QED) is 0.844. The molecule has 1 heterocycles. The van der Waals surface area contributed by atoms with Gasteiger partial charge in [0.2, 0.25) is 5.76 Å². The van der Waals surface area contributed by atoms with Crippen molar-refractivity contribution in [2.75, 3.05) is 12.4 Å². The lowest BCUT2D eigenvalue weighted by Crippen LogP contribution is -2.29. The molecule has 1 amide bonds. The number of halogens is 3. The Labute approximate surface area is 134 Å². The van der Waals surface area contributed by atoms with Gasteiger partial charge in [-0.2, -0.15) is 13.2 Å². The number of rotatable bonds is 5. The van der Waals surface area contributed by atoms with Gasteiger partial charge in [0.1, 0.15) is 18.1 Å². The Kier molecular flexibility index (Phi) is 5.12. The number of alkyl halides is 3. The highest BCUT2D eigenvalue weighted by molar-refractivity contribution is 5.94. The van der Waals surface area contributed by atoms with Gasteiger partial charge < -0.3 is 19.2 Å². The van der Waals surface area contributed by atoms with Crippen LogP contribution in [0.5, 0.6) is 5.75 Å². The third-order valence-electron chi connectivity index (χ3n) is 2.80. The second-order valence-electron chi connectivity index (χ2n) is 4.52. The molecule has 2 rings (SSSR count). The van der Waals surface area contributed by atoms with Crippen molar-refractivity contribution in [3.05, 3.63) is 47.9 Å². The molecular formula is C15H12F3NO5. The Bertz CT molecular complexity index is 721. The third-order valence-corrected chi connectivity index (χ3v) is 2.80. The van der Waals surface area contributed by atoms with E-state index in [2.05, 4.69) is 4.74 Å². The second-order valence-corrected chi connectivity index (χ2v) is 4.52. The molecule has 0 atom stereocenters. The molecule has 128 valence electrons. The van der Waals surface area contributed by atoms with Crippen molar-refractivity contribution in [2.24, 2.45) is 0 Å². The number of amides is 1. The Hall–Kier alpha value is -2.97. The summed E-state index contributed by atoms with van der Waals surface area (Å²) in [7, 11) is 1.22. The molecule has 0 aliphatic rings. The van der Waals surface area contributed by atoms with Crippen LogP contribution in [0, 0.1) is 0 Å². The van der Waals surface area contributed by atoms with Crippen molar-refractivity contribution in [3.8, 4) is 5.75 Å². The van der Waals surface area contributed by atoms with Crippen LogP contribution in [-0.2, 0) is 16.1 Å². The molecule has 0 spiro atoms. The van der Waals surface area contributed by atoms with E-state index in [0.717, 1.165) is 0 Å². The molecule has 0 radical (unpaired) electrons. The van der Waals surface area contributed by atoms with Crippen molar-refractivity contribution in [2.45, 2.75) is 12.8 Å². The van der Waals surface area contributed by atoms with Gasteiger partial charge in [0.15, 0.2) is 0 Å². The molecular weight excluding hydrogens is 331 g/mol. The summed E-state index contributed by atoms with van der Waals surface area (Å²) in [5.41, 5.74) is -0.0179. The van der Waals surface area contributed by atoms with Crippen LogP contribution in [0.2, 0.25) is 0 Å². The normalized spacial score (nSPS) is 11.0. The number of anilines is 1. The maximum absolute atomic E-state index is 12.1.